The van der Waals surface area contributed by atoms with Crippen molar-refractivity contribution in [1.29, 1.82) is 0 Å². The Labute approximate surface area is 109 Å². The standard InChI is InChI=1S/C13H19NO2.ClH/c1-10(2)8-9-16-13(15)12(14)11-6-4-3-5-7-11;/h3-7,10,12H,8-9,14H2,1-2H3;1H. The van der Waals surface area contributed by atoms with Gasteiger partial charge in [0, 0.05) is 0 Å². The SMILES string of the molecule is CC(C)CCOC(=O)C(N)c1ccccc1.Cl. The van der Waals surface area contributed by atoms with Crippen LogP contribution in [0, 0.1) is 5.92 Å². The summed E-state index contributed by atoms with van der Waals surface area (Å²) in [5, 5.41) is 0. The van der Waals surface area contributed by atoms with E-state index in [1.807, 2.05) is 30.3 Å². The average Bonchev–Trinajstić information content (AvgIpc) is 2.28. The molecule has 1 atom stereocenters. The number of halogens is 1. The van der Waals surface area contributed by atoms with Gasteiger partial charge in [-0.05, 0) is 17.9 Å². The number of carbonyl (C=O) groups excluding carboxylic acids is 1. The van der Waals surface area contributed by atoms with Crippen LogP contribution >= 0.6 is 12.4 Å². The van der Waals surface area contributed by atoms with Crippen LogP contribution in [0.25, 0.3) is 0 Å². The highest BCUT2D eigenvalue weighted by Gasteiger charge is 2.16. The van der Waals surface area contributed by atoms with Crippen LogP contribution in [0.4, 0.5) is 0 Å². The van der Waals surface area contributed by atoms with Gasteiger partial charge in [-0.25, -0.2) is 4.79 Å². The van der Waals surface area contributed by atoms with E-state index in [2.05, 4.69) is 13.8 Å². The highest BCUT2D eigenvalue weighted by molar-refractivity contribution is 5.85. The molecule has 0 aliphatic heterocycles. The van der Waals surface area contributed by atoms with Crippen molar-refractivity contribution in [3.05, 3.63) is 35.9 Å². The molecule has 1 unspecified atom stereocenters. The van der Waals surface area contributed by atoms with Crippen LogP contribution in [-0.2, 0) is 9.53 Å². The van der Waals surface area contributed by atoms with Crippen LogP contribution in [0.15, 0.2) is 30.3 Å². The van der Waals surface area contributed by atoms with Crippen LogP contribution in [-0.4, -0.2) is 12.6 Å². The maximum atomic E-state index is 11.6. The summed E-state index contributed by atoms with van der Waals surface area (Å²) in [5.74, 6) is 0.174. The van der Waals surface area contributed by atoms with Crippen molar-refractivity contribution >= 4 is 18.4 Å². The lowest BCUT2D eigenvalue weighted by Crippen LogP contribution is -2.24. The largest absolute Gasteiger partial charge is 0.464 e. The van der Waals surface area contributed by atoms with Crippen LogP contribution in [0.2, 0.25) is 0 Å². The predicted molar refractivity (Wildman–Crippen MR) is 71.0 cm³/mol. The Hall–Kier alpha value is -1.06. The van der Waals surface area contributed by atoms with Gasteiger partial charge in [0.25, 0.3) is 0 Å². The lowest BCUT2D eigenvalue weighted by atomic mass is 10.1. The summed E-state index contributed by atoms with van der Waals surface area (Å²) in [5.41, 5.74) is 6.57. The van der Waals surface area contributed by atoms with Gasteiger partial charge in [-0.1, -0.05) is 44.2 Å². The third kappa shape index (κ3) is 5.71. The Bertz CT molecular complexity index is 327. The number of esters is 1. The fraction of sp³-hybridized carbons (Fsp3) is 0.462. The summed E-state index contributed by atoms with van der Waals surface area (Å²) in [6.45, 7) is 4.62. The molecule has 0 spiro atoms. The molecule has 0 aliphatic rings. The first-order chi connectivity index (χ1) is 7.61. The predicted octanol–water partition coefficient (Wildman–Crippen LogP) is 2.70. The second kappa shape index (κ2) is 8.09. The van der Waals surface area contributed by atoms with E-state index in [0.29, 0.717) is 12.5 Å². The van der Waals surface area contributed by atoms with Gasteiger partial charge in [-0.3, -0.25) is 0 Å². The van der Waals surface area contributed by atoms with Crippen LogP contribution < -0.4 is 5.73 Å². The van der Waals surface area contributed by atoms with E-state index in [4.69, 9.17) is 10.5 Å². The number of hydrogen-bond acceptors (Lipinski definition) is 3. The zero-order valence-corrected chi connectivity index (χ0v) is 11.1. The lowest BCUT2D eigenvalue weighted by molar-refractivity contribution is -0.145. The molecule has 3 nitrogen and oxygen atoms in total. The molecule has 4 heteroatoms. The molecule has 1 aromatic rings. The molecule has 0 fully saturated rings. The minimum Gasteiger partial charge on any atom is -0.464 e. The maximum absolute atomic E-state index is 11.6. The first kappa shape index (κ1) is 15.9. The zero-order chi connectivity index (χ0) is 12.0. The fourth-order valence-electron chi connectivity index (χ4n) is 1.28. The lowest BCUT2D eigenvalue weighted by Gasteiger charge is -2.12. The highest BCUT2D eigenvalue weighted by atomic mass is 35.5. The molecule has 2 N–H and O–H groups in total. The van der Waals surface area contributed by atoms with Gasteiger partial charge in [0.2, 0.25) is 0 Å². The first-order valence-corrected chi connectivity index (χ1v) is 5.58. The van der Waals surface area contributed by atoms with Gasteiger partial charge in [-0.15, -0.1) is 12.4 Å². The Morgan fingerprint density at radius 2 is 1.88 bits per heavy atom. The van der Waals surface area contributed by atoms with Crippen molar-refractivity contribution in [2.24, 2.45) is 11.7 Å². The Morgan fingerprint density at radius 1 is 1.29 bits per heavy atom. The van der Waals surface area contributed by atoms with Crippen molar-refractivity contribution in [1.82, 2.24) is 0 Å². The van der Waals surface area contributed by atoms with Crippen molar-refractivity contribution in [3.63, 3.8) is 0 Å². The van der Waals surface area contributed by atoms with Gasteiger partial charge >= 0.3 is 5.97 Å². The molecule has 0 aliphatic carbocycles. The Morgan fingerprint density at radius 3 is 2.41 bits per heavy atom. The van der Waals surface area contributed by atoms with E-state index in [9.17, 15) is 4.79 Å². The van der Waals surface area contributed by atoms with E-state index in [-0.39, 0.29) is 18.4 Å². The van der Waals surface area contributed by atoms with Gasteiger partial charge < -0.3 is 10.5 Å². The molecule has 1 rings (SSSR count). The summed E-state index contributed by atoms with van der Waals surface area (Å²) in [4.78, 5) is 11.6. The first-order valence-electron chi connectivity index (χ1n) is 5.58. The molecular weight excluding hydrogens is 238 g/mol. The molecule has 0 heterocycles. The summed E-state index contributed by atoms with van der Waals surface area (Å²) in [7, 11) is 0. The van der Waals surface area contributed by atoms with Crippen molar-refractivity contribution in [3.8, 4) is 0 Å². The van der Waals surface area contributed by atoms with E-state index < -0.39 is 6.04 Å². The number of benzene rings is 1. The van der Waals surface area contributed by atoms with E-state index >= 15 is 0 Å². The normalized spacial score (nSPS) is 11.8. The van der Waals surface area contributed by atoms with E-state index in [0.717, 1.165) is 12.0 Å². The average molecular weight is 258 g/mol. The Kier molecular flexibility index (Phi) is 7.59. The molecule has 0 saturated carbocycles. The zero-order valence-electron chi connectivity index (χ0n) is 10.3. The second-order valence-corrected chi connectivity index (χ2v) is 4.24. The molecule has 0 saturated heterocycles. The smallest absolute Gasteiger partial charge is 0.327 e. The molecule has 0 amide bonds. The highest BCUT2D eigenvalue weighted by Crippen LogP contribution is 2.11. The molecule has 0 bridgehead atoms. The van der Waals surface area contributed by atoms with Crippen molar-refractivity contribution < 1.29 is 9.53 Å². The van der Waals surface area contributed by atoms with Crippen LogP contribution in [0.1, 0.15) is 31.9 Å². The van der Waals surface area contributed by atoms with Gasteiger partial charge in [0.05, 0.1) is 6.61 Å². The minimum atomic E-state index is -0.673. The number of nitrogens with two attached hydrogens (primary N) is 1. The van der Waals surface area contributed by atoms with E-state index in [1.165, 1.54) is 0 Å². The van der Waals surface area contributed by atoms with E-state index in [1.54, 1.807) is 0 Å². The molecule has 17 heavy (non-hydrogen) atoms. The quantitative estimate of drug-likeness (QED) is 0.826. The monoisotopic (exact) mass is 257 g/mol. The minimum absolute atomic E-state index is 0. The van der Waals surface area contributed by atoms with Crippen molar-refractivity contribution in [2.75, 3.05) is 6.61 Å². The fourth-order valence-corrected chi connectivity index (χ4v) is 1.28. The summed E-state index contributed by atoms with van der Waals surface area (Å²) < 4.78 is 5.11. The third-order valence-electron chi connectivity index (χ3n) is 2.35. The van der Waals surface area contributed by atoms with Crippen LogP contribution in [0.3, 0.4) is 0 Å². The van der Waals surface area contributed by atoms with Gasteiger partial charge in [0.15, 0.2) is 0 Å². The summed E-state index contributed by atoms with van der Waals surface area (Å²) in [6.07, 6.45) is 0.868. The number of rotatable bonds is 5. The second-order valence-electron chi connectivity index (χ2n) is 4.24. The summed E-state index contributed by atoms with van der Waals surface area (Å²) in [6, 6.07) is 8.59. The molecule has 96 valence electrons. The molecule has 1 aromatic carbocycles. The maximum Gasteiger partial charge on any atom is 0.327 e. The molecular formula is C13H20ClNO2. The van der Waals surface area contributed by atoms with Gasteiger partial charge in [0.1, 0.15) is 6.04 Å². The third-order valence-corrected chi connectivity index (χ3v) is 2.35. The topological polar surface area (TPSA) is 52.3 Å². The van der Waals surface area contributed by atoms with Gasteiger partial charge in [-0.2, -0.15) is 0 Å². The number of hydrogen-bond donors (Lipinski definition) is 1. The Balaban J connectivity index is 0.00000256. The number of carbonyl (C=O) groups is 1. The molecule has 0 radical (unpaired) electrons. The number of ether oxygens (including phenoxy) is 1. The molecule has 0 aromatic heterocycles. The summed E-state index contributed by atoms with van der Waals surface area (Å²) >= 11 is 0. The van der Waals surface area contributed by atoms with Crippen LogP contribution in [0.5, 0.6) is 0 Å². The van der Waals surface area contributed by atoms with Crippen molar-refractivity contribution in [2.45, 2.75) is 26.3 Å².